The Balaban J connectivity index is 0.00000256. The van der Waals surface area contributed by atoms with Crippen molar-refractivity contribution in [3.8, 4) is 0 Å². The van der Waals surface area contributed by atoms with Gasteiger partial charge in [-0.25, -0.2) is 4.79 Å². The quantitative estimate of drug-likeness (QED) is 0.718. The Bertz CT molecular complexity index is 960. The van der Waals surface area contributed by atoms with Crippen LogP contribution < -0.4 is 16.6 Å². The summed E-state index contributed by atoms with van der Waals surface area (Å²) < 4.78 is 2.51. The summed E-state index contributed by atoms with van der Waals surface area (Å²) >= 11 is 0. The number of halogens is 1. The molecule has 4 rings (SSSR count). The average molecular weight is 433 g/mol. The molecule has 1 aromatic heterocycles. The van der Waals surface area contributed by atoms with Gasteiger partial charge >= 0.3 is 5.69 Å². The summed E-state index contributed by atoms with van der Waals surface area (Å²) in [6, 6.07) is 11.4. The second-order valence-corrected chi connectivity index (χ2v) is 8.14. The van der Waals surface area contributed by atoms with Crippen molar-refractivity contribution in [3.05, 3.63) is 69.0 Å². The number of carbonyl (C=O) groups excluding carboxylic acids is 1. The molecule has 2 aliphatic rings. The molecule has 2 aromatic rings. The molecule has 1 aliphatic heterocycles. The van der Waals surface area contributed by atoms with E-state index in [2.05, 4.69) is 5.32 Å². The highest BCUT2D eigenvalue weighted by atomic mass is 35.5. The second-order valence-electron chi connectivity index (χ2n) is 8.14. The van der Waals surface area contributed by atoms with Crippen LogP contribution in [-0.2, 0) is 17.9 Å². The molecule has 1 amide bonds. The summed E-state index contributed by atoms with van der Waals surface area (Å²) in [5.74, 6) is 0.681. The normalized spacial score (nSPS) is 16.9. The van der Waals surface area contributed by atoms with Crippen LogP contribution in [0, 0.1) is 5.92 Å². The minimum atomic E-state index is -0.448. The van der Waals surface area contributed by atoms with E-state index >= 15 is 0 Å². The fourth-order valence-corrected chi connectivity index (χ4v) is 3.83. The van der Waals surface area contributed by atoms with Crippen LogP contribution >= 0.6 is 12.4 Å². The lowest BCUT2D eigenvalue weighted by molar-refractivity contribution is -0.133. The molecule has 1 N–H and O–H groups in total. The van der Waals surface area contributed by atoms with Crippen LogP contribution in [0.4, 0.5) is 0 Å². The maximum atomic E-state index is 12.8. The Morgan fingerprint density at radius 3 is 2.37 bits per heavy atom. The van der Waals surface area contributed by atoms with E-state index < -0.39 is 11.2 Å². The minimum absolute atomic E-state index is 0. The molecule has 1 aliphatic carbocycles. The molecule has 0 unspecified atom stereocenters. The van der Waals surface area contributed by atoms with E-state index in [9.17, 15) is 14.4 Å². The first-order valence-corrected chi connectivity index (χ1v) is 10.5. The van der Waals surface area contributed by atoms with Crippen LogP contribution in [0.5, 0.6) is 0 Å². The first-order chi connectivity index (χ1) is 14.1. The summed E-state index contributed by atoms with van der Waals surface area (Å²) in [4.78, 5) is 39.5. The molecular formula is C22H29ClN4O3. The summed E-state index contributed by atoms with van der Waals surface area (Å²) in [6.45, 7) is 2.58. The van der Waals surface area contributed by atoms with Crippen molar-refractivity contribution in [3.63, 3.8) is 0 Å². The number of piperidine rings is 1. The Hall–Kier alpha value is -2.38. The first kappa shape index (κ1) is 22.3. The van der Waals surface area contributed by atoms with Crippen LogP contribution in [0.15, 0.2) is 52.2 Å². The number of nitrogens with one attached hydrogen (secondary N) is 1. The van der Waals surface area contributed by atoms with Crippen molar-refractivity contribution in [1.82, 2.24) is 19.4 Å². The third kappa shape index (κ3) is 5.61. The smallest absolute Gasteiger partial charge is 0.331 e. The van der Waals surface area contributed by atoms with Gasteiger partial charge in [-0.15, -0.1) is 12.4 Å². The van der Waals surface area contributed by atoms with Crippen LogP contribution in [0.3, 0.4) is 0 Å². The van der Waals surface area contributed by atoms with Gasteiger partial charge in [-0.05, 0) is 43.7 Å². The lowest BCUT2D eigenvalue weighted by Gasteiger charge is -2.32. The van der Waals surface area contributed by atoms with Crippen molar-refractivity contribution < 1.29 is 4.79 Å². The van der Waals surface area contributed by atoms with Gasteiger partial charge in [-0.1, -0.05) is 30.3 Å². The van der Waals surface area contributed by atoms with E-state index in [0.717, 1.165) is 35.4 Å². The predicted molar refractivity (Wildman–Crippen MR) is 118 cm³/mol. The van der Waals surface area contributed by atoms with Crippen LogP contribution in [0.1, 0.15) is 31.2 Å². The van der Waals surface area contributed by atoms with Gasteiger partial charge in [0.2, 0.25) is 5.91 Å². The van der Waals surface area contributed by atoms with Crippen molar-refractivity contribution in [1.29, 1.82) is 0 Å². The highest BCUT2D eigenvalue weighted by Gasteiger charge is 2.26. The monoisotopic (exact) mass is 432 g/mol. The zero-order valence-electron chi connectivity index (χ0n) is 17.0. The molecule has 1 saturated carbocycles. The van der Waals surface area contributed by atoms with Gasteiger partial charge in [0.1, 0.15) is 6.54 Å². The Morgan fingerprint density at radius 2 is 1.70 bits per heavy atom. The molecule has 7 nitrogen and oxygen atoms in total. The van der Waals surface area contributed by atoms with Gasteiger partial charge in [0.25, 0.3) is 5.56 Å². The van der Waals surface area contributed by atoms with Gasteiger partial charge in [-0.2, -0.15) is 0 Å². The number of hydrogen-bond acceptors (Lipinski definition) is 4. The summed E-state index contributed by atoms with van der Waals surface area (Å²) in [5, 5.41) is 3.60. The number of amides is 1. The predicted octanol–water partition coefficient (Wildman–Crippen LogP) is 1.47. The van der Waals surface area contributed by atoms with E-state index in [1.54, 1.807) is 4.90 Å². The van der Waals surface area contributed by atoms with Crippen molar-refractivity contribution in [2.24, 2.45) is 5.92 Å². The molecular weight excluding hydrogens is 404 g/mol. The maximum absolute atomic E-state index is 12.8. The molecule has 30 heavy (non-hydrogen) atoms. The summed E-state index contributed by atoms with van der Waals surface area (Å²) in [5.41, 5.74) is 0.0798. The number of carbonyl (C=O) groups is 1. The van der Waals surface area contributed by atoms with Crippen LogP contribution in [-0.4, -0.2) is 45.6 Å². The number of nitrogens with zero attached hydrogens (tertiary/aromatic N) is 3. The first-order valence-electron chi connectivity index (χ1n) is 10.5. The topological polar surface area (TPSA) is 76.3 Å². The lowest BCUT2D eigenvalue weighted by atomic mass is 10.0. The molecule has 162 valence electrons. The Morgan fingerprint density at radius 1 is 1.00 bits per heavy atom. The molecule has 2 heterocycles. The molecule has 2 fully saturated rings. The van der Waals surface area contributed by atoms with Gasteiger partial charge in [0, 0.05) is 31.4 Å². The molecule has 1 aromatic carbocycles. The molecule has 0 radical (unpaired) electrons. The third-order valence-corrected chi connectivity index (χ3v) is 5.87. The zero-order chi connectivity index (χ0) is 20.2. The maximum Gasteiger partial charge on any atom is 0.331 e. The number of hydrogen-bond donors (Lipinski definition) is 1. The van der Waals surface area contributed by atoms with Crippen LogP contribution in [0.2, 0.25) is 0 Å². The number of aromatic nitrogens is 2. The highest BCUT2D eigenvalue weighted by Crippen LogP contribution is 2.28. The van der Waals surface area contributed by atoms with Crippen LogP contribution in [0.25, 0.3) is 0 Å². The number of benzene rings is 1. The van der Waals surface area contributed by atoms with E-state index in [4.69, 9.17) is 0 Å². The fourth-order valence-electron chi connectivity index (χ4n) is 3.83. The van der Waals surface area contributed by atoms with E-state index in [1.807, 2.05) is 30.3 Å². The van der Waals surface area contributed by atoms with E-state index in [1.165, 1.54) is 29.7 Å². The second kappa shape index (κ2) is 10.1. The lowest BCUT2D eigenvalue weighted by Crippen LogP contribution is -2.48. The SMILES string of the molecule is Cl.O=C(Cn1c(=O)ccn(Cc2ccccc2)c1=O)N1CCC(NCC2CC2)CC1. The molecule has 0 spiro atoms. The van der Waals surface area contributed by atoms with Gasteiger partial charge < -0.3 is 10.2 Å². The third-order valence-electron chi connectivity index (χ3n) is 5.87. The number of likely N-dealkylation sites (tertiary alicyclic amines) is 1. The summed E-state index contributed by atoms with van der Waals surface area (Å²) in [7, 11) is 0. The Labute approximate surface area is 182 Å². The van der Waals surface area contributed by atoms with Crippen molar-refractivity contribution >= 4 is 18.3 Å². The molecule has 0 bridgehead atoms. The molecule has 1 saturated heterocycles. The van der Waals surface area contributed by atoms with Gasteiger partial charge in [0.05, 0.1) is 6.54 Å². The average Bonchev–Trinajstić information content (AvgIpc) is 3.57. The van der Waals surface area contributed by atoms with E-state index in [0.29, 0.717) is 25.7 Å². The molecule has 0 atom stereocenters. The fraction of sp³-hybridized carbons (Fsp3) is 0.500. The minimum Gasteiger partial charge on any atom is -0.341 e. The van der Waals surface area contributed by atoms with Crippen molar-refractivity contribution in [2.75, 3.05) is 19.6 Å². The molecule has 8 heteroatoms. The zero-order valence-corrected chi connectivity index (χ0v) is 17.9. The highest BCUT2D eigenvalue weighted by molar-refractivity contribution is 5.85. The largest absolute Gasteiger partial charge is 0.341 e. The van der Waals surface area contributed by atoms with E-state index in [-0.39, 0.29) is 24.9 Å². The standard InChI is InChI=1S/C22H28N4O3.ClH/c27-20-10-13-25(15-18-4-2-1-3-5-18)22(29)26(20)16-21(28)24-11-8-19(9-12-24)23-14-17-6-7-17;/h1-5,10,13,17,19,23H,6-9,11-12,14-16H2;1H. The summed E-state index contributed by atoms with van der Waals surface area (Å²) in [6.07, 6.45) is 5.99. The van der Waals surface area contributed by atoms with Gasteiger partial charge in [0.15, 0.2) is 0 Å². The number of rotatable bonds is 7. The van der Waals surface area contributed by atoms with Gasteiger partial charge in [-0.3, -0.25) is 18.7 Å². The van der Waals surface area contributed by atoms with Crippen molar-refractivity contribution in [2.45, 2.75) is 44.8 Å². The Kier molecular flexibility index (Phi) is 7.50.